The average Bonchev–Trinajstić information content (AvgIpc) is 2.45. The Labute approximate surface area is 114 Å². The van der Waals surface area contributed by atoms with Crippen molar-refractivity contribution < 1.29 is 17.7 Å². The molecule has 0 radical (unpaired) electrons. The van der Waals surface area contributed by atoms with Crippen molar-refractivity contribution in [3.05, 3.63) is 59.7 Å². The maximum atomic E-state index is 12.5. The van der Waals surface area contributed by atoms with E-state index in [9.17, 15) is 12.9 Å². The minimum atomic E-state index is -4.99. The highest BCUT2D eigenvalue weighted by atomic mass is 19.4. The molecule has 0 aliphatic carbocycles. The highest BCUT2D eigenvalue weighted by Crippen LogP contribution is 2.16. The first-order valence-electron chi connectivity index (χ1n) is 5.91. The molecule has 0 saturated carbocycles. The lowest BCUT2D eigenvalue weighted by atomic mass is 9.80. The predicted molar refractivity (Wildman–Crippen MR) is 70.6 cm³/mol. The number of nitrogens with zero attached hydrogens (tertiary/aromatic N) is 1. The molecule has 0 aliphatic rings. The molecule has 2 aromatic rings. The molecule has 0 bridgehead atoms. The summed E-state index contributed by atoms with van der Waals surface area (Å²) in [5.41, 5.74) is 0.525. The number of ether oxygens (including phenoxy) is 1. The number of nitriles is 1. The van der Waals surface area contributed by atoms with Crippen LogP contribution in [0, 0.1) is 11.3 Å². The normalized spacial score (nSPS) is 10.9. The van der Waals surface area contributed by atoms with E-state index in [0.29, 0.717) is 16.9 Å². The topological polar surface area (TPSA) is 33.0 Å². The van der Waals surface area contributed by atoms with E-state index in [1.54, 1.807) is 24.3 Å². The zero-order valence-electron chi connectivity index (χ0n) is 10.4. The lowest BCUT2D eigenvalue weighted by Gasteiger charge is -2.15. The number of hydrogen-bond acceptors (Lipinski definition) is 2. The van der Waals surface area contributed by atoms with Crippen molar-refractivity contribution in [2.45, 2.75) is 6.61 Å². The maximum absolute atomic E-state index is 12.5. The largest absolute Gasteiger partial charge is 0.509 e. The Morgan fingerprint density at radius 1 is 1.00 bits per heavy atom. The van der Waals surface area contributed by atoms with Gasteiger partial charge in [0.1, 0.15) is 12.4 Å². The van der Waals surface area contributed by atoms with Crippen molar-refractivity contribution in [1.82, 2.24) is 0 Å². The fourth-order valence-corrected chi connectivity index (χ4v) is 1.70. The van der Waals surface area contributed by atoms with Crippen molar-refractivity contribution in [2.75, 3.05) is 0 Å². The Hall–Kier alpha value is -2.42. The van der Waals surface area contributed by atoms with Gasteiger partial charge in [-0.15, -0.1) is 5.46 Å². The molecule has 0 aliphatic heterocycles. The van der Waals surface area contributed by atoms with E-state index < -0.39 is 12.4 Å². The van der Waals surface area contributed by atoms with Crippen LogP contribution in [0.3, 0.4) is 0 Å². The van der Waals surface area contributed by atoms with Crippen LogP contribution in [0.15, 0.2) is 48.5 Å². The van der Waals surface area contributed by atoms with Crippen LogP contribution in [0.1, 0.15) is 11.1 Å². The first-order chi connectivity index (χ1) is 9.50. The van der Waals surface area contributed by atoms with Crippen LogP contribution in [0.4, 0.5) is 12.9 Å². The Bertz CT molecular complexity index is 632. The zero-order chi connectivity index (χ0) is 14.6. The molecule has 2 aromatic carbocycles. The highest BCUT2D eigenvalue weighted by molar-refractivity contribution is 6.73. The van der Waals surface area contributed by atoms with Crippen LogP contribution in [0.25, 0.3) is 0 Å². The fraction of sp³-hybridized carbons (Fsp3) is 0.0714. The third-order valence-corrected chi connectivity index (χ3v) is 2.79. The second-order valence-corrected chi connectivity index (χ2v) is 4.20. The van der Waals surface area contributed by atoms with Crippen LogP contribution in [0.2, 0.25) is 0 Å². The molecule has 0 spiro atoms. The molecule has 2 nitrogen and oxygen atoms in total. The van der Waals surface area contributed by atoms with Crippen molar-refractivity contribution in [3.63, 3.8) is 0 Å². The molecule has 0 N–H and O–H groups in total. The highest BCUT2D eigenvalue weighted by Gasteiger charge is 2.24. The van der Waals surface area contributed by atoms with E-state index in [0.717, 1.165) is 12.1 Å². The average molecular weight is 276 g/mol. The number of rotatable bonds is 4. The van der Waals surface area contributed by atoms with E-state index in [4.69, 9.17) is 10.00 Å². The van der Waals surface area contributed by atoms with Gasteiger partial charge in [-0.25, -0.2) is 0 Å². The summed E-state index contributed by atoms with van der Waals surface area (Å²) in [7, 11) is 0. The SMILES string of the molecule is N#Cc1ccccc1COc1ccc([B-](F)(F)F)cc1. The van der Waals surface area contributed by atoms with Gasteiger partial charge in [0.15, 0.2) is 0 Å². The number of hydrogen-bond donors (Lipinski definition) is 0. The zero-order valence-corrected chi connectivity index (χ0v) is 10.4. The van der Waals surface area contributed by atoms with Gasteiger partial charge in [0, 0.05) is 5.56 Å². The van der Waals surface area contributed by atoms with Gasteiger partial charge in [-0.1, -0.05) is 30.3 Å². The molecule has 6 heteroatoms. The van der Waals surface area contributed by atoms with Crippen LogP contribution in [-0.4, -0.2) is 6.98 Å². The third-order valence-electron chi connectivity index (χ3n) is 2.79. The van der Waals surface area contributed by atoms with Crippen molar-refractivity contribution >= 4 is 12.4 Å². The lowest BCUT2D eigenvalue weighted by molar-refractivity contribution is 0.306. The molecule has 0 saturated heterocycles. The summed E-state index contributed by atoms with van der Waals surface area (Å²) in [5, 5.41) is 8.91. The summed E-state index contributed by atoms with van der Waals surface area (Å²) in [6.07, 6.45) is 0. The lowest BCUT2D eigenvalue weighted by Crippen LogP contribution is -2.33. The molecule has 0 amide bonds. The summed E-state index contributed by atoms with van der Waals surface area (Å²) >= 11 is 0. The minimum Gasteiger partial charge on any atom is -0.489 e. The minimum absolute atomic E-state index is 0.139. The molecule has 0 heterocycles. The van der Waals surface area contributed by atoms with Crippen LogP contribution < -0.4 is 10.2 Å². The van der Waals surface area contributed by atoms with Gasteiger partial charge in [-0.2, -0.15) is 5.26 Å². The van der Waals surface area contributed by atoms with E-state index in [2.05, 4.69) is 0 Å². The smallest absolute Gasteiger partial charge is 0.489 e. The van der Waals surface area contributed by atoms with Gasteiger partial charge in [0.25, 0.3) is 0 Å². The Morgan fingerprint density at radius 2 is 1.65 bits per heavy atom. The summed E-state index contributed by atoms with van der Waals surface area (Å²) < 4.78 is 42.8. The summed E-state index contributed by atoms with van der Waals surface area (Å²) in [6.45, 7) is -4.85. The Morgan fingerprint density at radius 3 is 2.25 bits per heavy atom. The molecule has 0 aromatic heterocycles. The van der Waals surface area contributed by atoms with Gasteiger partial charge in [0.2, 0.25) is 0 Å². The van der Waals surface area contributed by atoms with Crippen LogP contribution >= 0.6 is 0 Å². The fourth-order valence-electron chi connectivity index (χ4n) is 1.70. The molecule has 0 unspecified atom stereocenters. The predicted octanol–water partition coefficient (Wildman–Crippen LogP) is 3.19. The van der Waals surface area contributed by atoms with Crippen molar-refractivity contribution in [2.24, 2.45) is 0 Å². The van der Waals surface area contributed by atoms with E-state index in [-0.39, 0.29) is 6.61 Å². The molecular weight excluding hydrogens is 266 g/mol. The second kappa shape index (κ2) is 5.70. The molecule has 2 rings (SSSR count). The van der Waals surface area contributed by atoms with Gasteiger partial charge in [-0.05, 0) is 18.2 Å². The first kappa shape index (κ1) is 14.0. The summed E-state index contributed by atoms with van der Waals surface area (Å²) in [5.74, 6) is 0.335. The second-order valence-electron chi connectivity index (χ2n) is 4.20. The molecule has 20 heavy (non-hydrogen) atoms. The van der Waals surface area contributed by atoms with Crippen LogP contribution in [-0.2, 0) is 6.61 Å². The Balaban J connectivity index is 2.07. The number of benzene rings is 2. The van der Waals surface area contributed by atoms with Crippen molar-refractivity contribution in [3.8, 4) is 11.8 Å². The van der Waals surface area contributed by atoms with Gasteiger partial charge in [0.05, 0.1) is 11.6 Å². The molecule has 102 valence electrons. The van der Waals surface area contributed by atoms with Gasteiger partial charge < -0.3 is 17.7 Å². The standard InChI is InChI=1S/C14H10BF3NO/c16-15(17,18)13-5-7-14(8-6-13)20-10-12-4-2-1-3-11(12)9-19/h1-8H,10H2/q-1. The van der Waals surface area contributed by atoms with Crippen molar-refractivity contribution in [1.29, 1.82) is 5.26 Å². The van der Waals surface area contributed by atoms with Gasteiger partial charge in [-0.3, -0.25) is 0 Å². The molecule has 0 atom stereocenters. The monoisotopic (exact) mass is 276 g/mol. The quantitative estimate of drug-likeness (QED) is 0.803. The number of halogens is 3. The van der Waals surface area contributed by atoms with E-state index >= 15 is 0 Å². The first-order valence-corrected chi connectivity index (χ1v) is 5.91. The molecule has 0 fully saturated rings. The van der Waals surface area contributed by atoms with E-state index in [1.165, 1.54) is 12.1 Å². The van der Waals surface area contributed by atoms with Gasteiger partial charge >= 0.3 is 6.98 Å². The Kier molecular flexibility index (Phi) is 3.99. The summed E-state index contributed by atoms with van der Waals surface area (Å²) in [4.78, 5) is 0. The maximum Gasteiger partial charge on any atom is 0.509 e. The third kappa shape index (κ3) is 3.32. The van der Waals surface area contributed by atoms with Crippen LogP contribution in [0.5, 0.6) is 5.75 Å². The summed E-state index contributed by atoms with van der Waals surface area (Å²) in [6, 6.07) is 13.5. The molecular formula is C14H10BF3NO-. The van der Waals surface area contributed by atoms with E-state index in [1.807, 2.05) is 6.07 Å².